The zero-order chi connectivity index (χ0) is 18.3. The second kappa shape index (κ2) is 6.33. The molecular formula is C21H19NO4. The highest BCUT2D eigenvalue weighted by molar-refractivity contribution is 6.06. The Labute approximate surface area is 151 Å². The first-order valence-electron chi connectivity index (χ1n) is 8.53. The van der Waals surface area contributed by atoms with Gasteiger partial charge in [0, 0.05) is 23.6 Å². The molecule has 4 rings (SSSR count). The maximum atomic E-state index is 13.0. The van der Waals surface area contributed by atoms with Gasteiger partial charge in [-0.2, -0.15) is 0 Å². The number of cyclic esters (lactones) is 1. The van der Waals surface area contributed by atoms with Crippen LogP contribution in [0.3, 0.4) is 0 Å². The number of rotatable bonds is 3. The number of esters is 1. The summed E-state index contributed by atoms with van der Waals surface area (Å²) in [4.78, 5) is 27.1. The molecule has 5 nitrogen and oxygen atoms in total. The smallest absolute Gasteiger partial charge is 0.336 e. The molecule has 0 fully saturated rings. The van der Waals surface area contributed by atoms with Crippen molar-refractivity contribution >= 4 is 17.6 Å². The molecule has 0 aromatic heterocycles. The number of aryl methyl sites for hydroxylation is 1. The van der Waals surface area contributed by atoms with Gasteiger partial charge < -0.3 is 9.47 Å². The summed E-state index contributed by atoms with van der Waals surface area (Å²) < 4.78 is 10.7. The lowest BCUT2D eigenvalue weighted by Crippen LogP contribution is -2.37. The van der Waals surface area contributed by atoms with Crippen molar-refractivity contribution in [2.45, 2.75) is 19.3 Å². The van der Waals surface area contributed by atoms with E-state index in [0.29, 0.717) is 17.0 Å². The van der Waals surface area contributed by atoms with Gasteiger partial charge in [0.1, 0.15) is 12.4 Å². The Bertz CT molecular complexity index is 914. The van der Waals surface area contributed by atoms with Crippen LogP contribution in [0.1, 0.15) is 23.5 Å². The second-order valence-corrected chi connectivity index (χ2v) is 6.50. The predicted octanol–water partition coefficient (Wildman–Crippen LogP) is 3.34. The summed E-state index contributed by atoms with van der Waals surface area (Å²) in [5.41, 5.74) is 3.88. The van der Waals surface area contributed by atoms with Crippen molar-refractivity contribution in [3.8, 4) is 5.75 Å². The molecule has 2 aromatic carbocycles. The molecule has 2 heterocycles. The fraction of sp³-hybridized carbons (Fsp3) is 0.238. The number of carbonyl (C=O) groups excluding carboxylic acids is 2. The number of amides is 1. The topological polar surface area (TPSA) is 55.8 Å². The molecule has 0 radical (unpaired) electrons. The molecule has 2 aromatic rings. The summed E-state index contributed by atoms with van der Waals surface area (Å²) in [5.74, 6) is -0.103. The van der Waals surface area contributed by atoms with Gasteiger partial charge in [-0.05, 0) is 25.1 Å². The molecule has 2 aliphatic heterocycles. The summed E-state index contributed by atoms with van der Waals surface area (Å²) in [6, 6.07) is 15.2. The number of hydrogen-bond acceptors (Lipinski definition) is 4. The number of anilines is 1. The zero-order valence-electron chi connectivity index (χ0n) is 14.7. The van der Waals surface area contributed by atoms with E-state index in [-0.39, 0.29) is 30.8 Å². The molecule has 26 heavy (non-hydrogen) atoms. The first kappa shape index (κ1) is 16.4. The maximum Gasteiger partial charge on any atom is 0.336 e. The number of nitrogens with zero attached hydrogens (tertiary/aromatic N) is 1. The lowest BCUT2D eigenvalue weighted by atomic mass is 9.83. The van der Waals surface area contributed by atoms with Crippen molar-refractivity contribution in [2.75, 3.05) is 18.6 Å². The van der Waals surface area contributed by atoms with Crippen molar-refractivity contribution in [3.63, 3.8) is 0 Å². The summed E-state index contributed by atoms with van der Waals surface area (Å²) in [6.45, 7) is 2.10. The molecule has 0 spiro atoms. The van der Waals surface area contributed by atoms with Gasteiger partial charge in [-0.1, -0.05) is 35.9 Å². The van der Waals surface area contributed by atoms with E-state index in [0.717, 1.165) is 16.8 Å². The monoisotopic (exact) mass is 349 g/mol. The van der Waals surface area contributed by atoms with Crippen LogP contribution in [0.15, 0.2) is 59.8 Å². The van der Waals surface area contributed by atoms with Crippen molar-refractivity contribution < 1.29 is 19.1 Å². The minimum absolute atomic E-state index is 0.0539. The van der Waals surface area contributed by atoms with E-state index in [2.05, 4.69) is 0 Å². The molecule has 0 saturated carbocycles. The normalized spacial score (nSPS) is 19.5. The van der Waals surface area contributed by atoms with Crippen LogP contribution < -0.4 is 9.64 Å². The van der Waals surface area contributed by atoms with E-state index < -0.39 is 0 Å². The predicted molar refractivity (Wildman–Crippen MR) is 97.0 cm³/mol. The highest BCUT2D eigenvalue weighted by Crippen LogP contribution is 2.44. The summed E-state index contributed by atoms with van der Waals surface area (Å²) in [7, 11) is 1.59. The number of hydrogen-bond donors (Lipinski definition) is 0. The van der Waals surface area contributed by atoms with Crippen LogP contribution in [0.5, 0.6) is 5.75 Å². The largest absolute Gasteiger partial charge is 0.496 e. The molecule has 2 aliphatic rings. The van der Waals surface area contributed by atoms with E-state index in [1.54, 1.807) is 12.0 Å². The SMILES string of the molecule is COc1ccccc1[C@H]1CC(=O)N(c2ccc(C)cc2)C2=C1C(=O)OC2. The Morgan fingerprint density at radius 2 is 1.81 bits per heavy atom. The molecule has 1 amide bonds. The molecule has 5 heteroatoms. The molecule has 0 aliphatic carbocycles. The Kier molecular flexibility index (Phi) is 3.99. The van der Waals surface area contributed by atoms with E-state index >= 15 is 0 Å². The lowest BCUT2D eigenvalue weighted by Gasteiger charge is -2.32. The van der Waals surface area contributed by atoms with Crippen LogP contribution in [-0.4, -0.2) is 25.6 Å². The molecule has 0 bridgehead atoms. The van der Waals surface area contributed by atoms with Gasteiger partial charge in [-0.25, -0.2) is 4.79 Å². The molecule has 1 atom stereocenters. The van der Waals surface area contributed by atoms with Gasteiger partial charge in [-0.3, -0.25) is 9.69 Å². The van der Waals surface area contributed by atoms with Gasteiger partial charge in [-0.15, -0.1) is 0 Å². The van der Waals surface area contributed by atoms with Crippen molar-refractivity contribution in [1.82, 2.24) is 0 Å². The van der Waals surface area contributed by atoms with Crippen LogP contribution in [0, 0.1) is 6.92 Å². The van der Waals surface area contributed by atoms with Gasteiger partial charge >= 0.3 is 5.97 Å². The fourth-order valence-electron chi connectivity index (χ4n) is 3.67. The van der Waals surface area contributed by atoms with Crippen LogP contribution >= 0.6 is 0 Å². The minimum atomic E-state index is -0.361. The number of para-hydroxylation sites is 1. The Balaban J connectivity index is 1.84. The third-order valence-electron chi connectivity index (χ3n) is 4.92. The number of carbonyl (C=O) groups is 2. The standard InChI is InChI=1S/C21H19NO4/c1-13-7-9-14(10-8-13)22-17-12-26-21(24)20(17)16(11-19(22)23)15-5-3-4-6-18(15)25-2/h3-10,16H,11-12H2,1-2H3/t16-/m1/s1. The Morgan fingerprint density at radius 1 is 1.08 bits per heavy atom. The maximum absolute atomic E-state index is 13.0. The van der Waals surface area contributed by atoms with E-state index in [4.69, 9.17) is 9.47 Å². The van der Waals surface area contributed by atoms with Crippen LogP contribution in [0.4, 0.5) is 5.69 Å². The van der Waals surface area contributed by atoms with E-state index in [1.165, 1.54) is 0 Å². The second-order valence-electron chi connectivity index (χ2n) is 6.50. The highest BCUT2D eigenvalue weighted by atomic mass is 16.5. The highest BCUT2D eigenvalue weighted by Gasteiger charge is 2.43. The average molecular weight is 349 g/mol. The van der Waals surface area contributed by atoms with Crippen LogP contribution in [0.2, 0.25) is 0 Å². The number of methoxy groups -OCH3 is 1. The molecule has 132 valence electrons. The third-order valence-corrected chi connectivity index (χ3v) is 4.92. The third kappa shape index (κ3) is 2.56. The average Bonchev–Trinajstić information content (AvgIpc) is 3.04. The Hall–Kier alpha value is -3.08. The van der Waals surface area contributed by atoms with Gasteiger partial charge in [0.05, 0.1) is 18.4 Å². The van der Waals surface area contributed by atoms with Crippen molar-refractivity contribution in [1.29, 1.82) is 0 Å². The zero-order valence-corrected chi connectivity index (χ0v) is 14.7. The van der Waals surface area contributed by atoms with Gasteiger partial charge in [0.25, 0.3) is 0 Å². The summed E-state index contributed by atoms with van der Waals surface area (Å²) in [5, 5.41) is 0. The fourth-order valence-corrected chi connectivity index (χ4v) is 3.67. The minimum Gasteiger partial charge on any atom is -0.496 e. The first-order chi connectivity index (χ1) is 12.6. The van der Waals surface area contributed by atoms with E-state index in [1.807, 2.05) is 55.5 Å². The van der Waals surface area contributed by atoms with E-state index in [9.17, 15) is 9.59 Å². The first-order valence-corrected chi connectivity index (χ1v) is 8.53. The summed E-state index contributed by atoms with van der Waals surface area (Å²) >= 11 is 0. The molecule has 0 N–H and O–H groups in total. The van der Waals surface area contributed by atoms with Crippen molar-refractivity contribution in [3.05, 3.63) is 70.9 Å². The molecule has 0 saturated heterocycles. The summed E-state index contributed by atoms with van der Waals surface area (Å²) in [6.07, 6.45) is 0.197. The Morgan fingerprint density at radius 3 is 2.54 bits per heavy atom. The molecule has 0 unspecified atom stereocenters. The van der Waals surface area contributed by atoms with Crippen LogP contribution in [0.25, 0.3) is 0 Å². The van der Waals surface area contributed by atoms with Crippen molar-refractivity contribution in [2.24, 2.45) is 0 Å². The quantitative estimate of drug-likeness (QED) is 0.798. The molecular weight excluding hydrogens is 330 g/mol. The van der Waals surface area contributed by atoms with Gasteiger partial charge in [0.2, 0.25) is 5.91 Å². The number of benzene rings is 2. The number of ether oxygens (including phenoxy) is 2. The van der Waals surface area contributed by atoms with Crippen LogP contribution in [-0.2, 0) is 14.3 Å². The lowest BCUT2D eigenvalue weighted by molar-refractivity contribution is -0.136. The van der Waals surface area contributed by atoms with Gasteiger partial charge in [0.15, 0.2) is 0 Å².